The summed E-state index contributed by atoms with van der Waals surface area (Å²) in [4.78, 5) is 12.9. The fourth-order valence-electron chi connectivity index (χ4n) is 2.18. The number of nitrogens with zero attached hydrogens (tertiary/aromatic N) is 2. The first kappa shape index (κ1) is 17.3. The largest absolute Gasteiger partial charge is 0.479 e. The summed E-state index contributed by atoms with van der Waals surface area (Å²) >= 11 is 6.17. The molecule has 0 aliphatic rings. The number of halogens is 1. The highest BCUT2D eigenvalue weighted by atomic mass is 35.5. The zero-order chi connectivity index (χ0) is 17.0. The minimum atomic E-state index is -1.03. The van der Waals surface area contributed by atoms with Crippen molar-refractivity contribution in [3.8, 4) is 5.75 Å². The SMILES string of the molecule is Cc1cc(CN(C)Cc2ccc(OC(C)C(=O)O)c(Cl)c2)n[nH]1. The third-order valence-electron chi connectivity index (χ3n) is 3.29. The van der Waals surface area contributed by atoms with Crippen molar-refractivity contribution in [3.05, 3.63) is 46.2 Å². The van der Waals surface area contributed by atoms with Crippen molar-refractivity contribution in [3.63, 3.8) is 0 Å². The maximum Gasteiger partial charge on any atom is 0.344 e. The fraction of sp³-hybridized carbons (Fsp3) is 0.375. The van der Waals surface area contributed by atoms with Crippen LogP contribution < -0.4 is 4.74 Å². The van der Waals surface area contributed by atoms with Crippen LogP contribution in [0.1, 0.15) is 23.9 Å². The molecule has 1 heterocycles. The van der Waals surface area contributed by atoms with E-state index in [1.807, 2.05) is 26.1 Å². The van der Waals surface area contributed by atoms with E-state index < -0.39 is 12.1 Å². The van der Waals surface area contributed by atoms with E-state index in [1.165, 1.54) is 6.92 Å². The molecular formula is C16H20ClN3O3. The lowest BCUT2D eigenvalue weighted by Crippen LogP contribution is -2.23. The van der Waals surface area contributed by atoms with Crippen molar-refractivity contribution in [2.45, 2.75) is 33.0 Å². The molecule has 1 atom stereocenters. The average molecular weight is 338 g/mol. The number of hydrogen-bond acceptors (Lipinski definition) is 4. The Morgan fingerprint density at radius 1 is 1.43 bits per heavy atom. The highest BCUT2D eigenvalue weighted by Crippen LogP contribution is 2.27. The summed E-state index contributed by atoms with van der Waals surface area (Å²) in [5.41, 5.74) is 3.02. The Bertz CT molecular complexity index is 687. The zero-order valence-corrected chi connectivity index (χ0v) is 14.1. The number of aromatic nitrogens is 2. The topological polar surface area (TPSA) is 78.4 Å². The Labute approximate surface area is 140 Å². The Balaban J connectivity index is 1.98. The molecule has 0 amide bonds. The van der Waals surface area contributed by atoms with Gasteiger partial charge in [0.1, 0.15) is 5.75 Å². The molecular weight excluding hydrogens is 318 g/mol. The molecule has 0 bridgehead atoms. The summed E-state index contributed by atoms with van der Waals surface area (Å²) in [6.07, 6.45) is -0.941. The first-order chi connectivity index (χ1) is 10.8. The van der Waals surface area contributed by atoms with Gasteiger partial charge in [0.25, 0.3) is 0 Å². The molecule has 23 heavy (non-hydrogen) atoms. The maximum atomic E-state index is 10.8. The van der Waals surface area contributed by atoms with E-state index in [1.54, 1.807) is 12.1 Å². The average Bonchev–Trinajstić information content (AvgIpc) is 2.86. The van der Waals surface area contributed by atoms with Crippen LogP contribution in [0.4, 0.5) is 0 Å². The van der Waals surface area contributed by atoms with E-state index in [9.17, 15) is 4.79 Å². The lowest BCUT2D eigenvalue weighted by molar-refractivity contribution is -0.144. The van der Waals surface area contributed by atoms with Crippen LogP contribution in [0.15, 0.2) is 24.3 Å². The lowest BCUT2D eigenvalue weighted by atomic mass is 10.2. The number of carboxylic acid groups (broad SMARTS) is 1. The van der Waals surface area contributed by atoms with Gasteiger partial charge in [-0.25, -0.2) is 4.79 Å². The first-order valence-corrected chi connectivity index (χ1v) is 7.60. The molecule has 0 saturated carbocycles. The molecule has 2 aromatic rings. The number of ether oxygens (including phenoxy) is 1. The Morgan fingerprint density at radius 3 is 2.74 bits per heavy atom. The van der Waals surface area contributed by atoms with Gasteiger partial charge >= 0.3 is 5.97 Å². The van der Waals surface area contributed by atoms with Crippen molar-refractivity contribution >= 4 is 17.6 Å². The van der Waals surface area contributed by atoms with Crippen LogP contribution in [0.3, 0.4) is 0 Å². The molecule has 0 fully saturated rings. The van der Waals surface area contributed by atoms with Gasteiger partial charge in [0, 0.05) is 18.8 Å². The van der Waals surface area contributed by atoms with Crippen LogP contribution in [-0.4, -0.2) is 39.3 Å². The monoisotopic (exact) mass is 337 g/mol. The van der Waals surface area contributed by atoms with E-state index in [2.05, 4.69) is 15.1 Å². The number of rotatable bonds is 7. The smallest absolute Gasteiger partial charge is 0.344 e. The summed E-state index contributed by atoms with van der Waals surface area (Å²) in [6, 6.07) is 7.37. The molecule has 0 aliphatic heterocycles. The highest BCUT2D eigenvalue weighted by Gasteiger charge is 2.15. The van der Waals surface area contributed by atoms with Gasteiger partial charge < -0.3 is 9.84 Å². The predicted octanol–water partition coefficient (Wildman–Crippen LogP) is 2.86. The summed E-state index contributed by atoms with van der Waals surface area (Å²) in [7, 11) is 1.99. The van der Waals surface area contributed by atoms with Crippen molar-refractivity contribution in [1.82, 2.24) is 15.1 Å². The molecule has 0 aliphatic carbocycles. The van der Waals surface area contributed by atoms with Crippen molar-refractivity contribution in [1.29, 1.82) is 0 Å². The molecule has 6 nitrogen and oxygen atoms in total. The van der Waals surface area contributed by atoms with Gasteiger partial charge in [-0.15, -0.1) is 0 Å². The van der Waals surface area contributed by atoms with Gasteiger partial charge in [0.2, 0.25) is 0 Å². The second-order valence-electron chi connectivity index (χ2n) is 5.58. The standard InChI is InChI=1S/C16H20ClN3O3/c1-10-6-13(19-18-10)9-20(3)8-12-4-5-15(14(17)7-12)23-11(2)16(21)22/h4-7,11H,8-9H2,1-3H3,(H,18,19)(H,21,22). The first-order valence-electron chi connectivity index (χ1n) is 7.22. The number of hydrogen-bond donors (Lipinski definition) is 2. The van der Waals surface area contributed by atoms with E-state index in [0.717, 1.165) is 23.5 Å². The molecule has 1 aromatic carbocycles. The second kappa shape index (κ2) is 7.48. The summed E-state index contributed by atoms with van der Waals surface area (Å²) in [6.45, 7) is 4.84. The maximum absolute atomic E-state index is 10.8. The molecule has 7 heteroatoms. The number of aromatic amines is 1. The molecule has 0 radical (unpaired) electrons. The number of H-pyrrole nitrogens is 1. The normalized spacial score (nSPS) is 12.4. The molecule has 124 valence electrons. The van der Waals surface area contributed by atoms with Crippen LogP contribution >= 0.6 is 11.6 Å². The Morgan fingerprint density at radius 2 is 2.17 bits per heavy atom. The van der Waals surface area contributed by atoms with E-state index in [4.69, 9.17) is 21.4 Å². The number of aliphatic carboxylic acids is 1. The van der Waals surface area contributed by atoms with E-state index in [-0.39, 0.29) is 0 Å². The number of carboxylic acids is 1. The molecule has 1 aromatic heterocycles. The third kappa shape index (κ3) is 4.97. The summed E-state index contributed by atoms with van der Waals surface area (Å²) < 4.78 is 5.31. The number of nitrogens with one attached hydrogen (secondary N) is 1. The quantitative estimate of drug-likeness (QED) is 0.812. The van der Waals surface area contributed by atoms with Gasteiger partial charge in [-0.3, -0.25) is 10.00 Å². The predicted molar refractivity (Wildman–Crippen MR) is 87.7 cm³/mol. The Hall–Kier alpha value is -2.05. The number of benzene rings is 1. The summed E-state index contributed by atoms with van der Waals surface area (Å²) in [5.74, 6) is -0.657. The molecule has 0 spiro atoms. The minimum Gasteiger partial charge on any atom is -0.479 e. The van der Waals surface area contributed by atoms with Crippen LogP contribution in [-0.2, 0) is 17.9 Å². The Kier molecular flexibility index (Phi) is 5.63. The summed E-state index contributed by atoms with van der Waals surface area (Å²) in [5, 5.41) is 16.4. The van der Waals surface area contributed by atoms with Gasteiger partial charge in [0.05, 0.1) is 10.7 Å². The fourth-order valence-corrected chi connectivity index (χ4v) is 2.43. The number of carbonyl (C=O) groups is 1. The zero-order valence-electron chi connectivity index (χ0n) is 13.3. The second-order valence-corrected chi connectivity index (χ2v) is 5.98. The lowest BCUT2D eigenvalue weighted by Gasteiger charge is -2.17. The molecule has 2 rings (SSSR count). The molecule has 0 saturated heterocycles. The van der Waals surface area contributed by atoms with Crippen molar-refractivity contribution in [2.24, 2.45) is 0 Å². The van der Waals surface area contributed by atoms with Gasteiger partial charge in [-0.2, -0.15) is 5.10 Å². The van der Waals surface area contributed by atoms with Crippen LogP contribution in [0.2, 0.25) is 5.02 Å². The van der Waals surface area contributed by atoms with Crippen molar-refractivity contribution in [2.75, 3.05) is 7.05 Å². The van der Waals surface area contributed by atoms with E-state index >= 15 is 0 Å². The van der Waals surface area contributed by atoms with Crippen LogP contribution in [0.5, 0.6) is 5.75 Å². The highest BCUT2D eigenvalue weighted by molar-refractivity contribution is 6.32. The van der Waals surface area contributed by atoms with Gasteiger partial charge in [-0.1, -0.05) is 17.7 Å². The van der Waals surface area contributed by atoms with E-state index in [0.29, 0.717) is 17.3 Å². The van der Waals surface area contributed by atoms with Crippen LogP contribution in [0, 0.1) is 6.92 Å². The van der Waals surface area contributed by atoms with Gasteiger partial charge in [0.15, 0.2) is 6.10 Å². The third-order valence-corrected chi connectivity index (χ3v) is 3.59. The van der Waals surface area contributed by atoms with Gasteiger partial charge in [-0.05, 0) is 44.7 Å². The minimum absolute atomic E-state index is 0.371. The number of aryl methyl sites for hydroxylation is 1. The van der Waals surface area contributed by atoms with Crippen LogP contribution in [0.25, 0.3) is 0 Å². The van der Waals surface area contributed by atoms with Crippen molar-refractivity contribution < 1.29 is 14.6 Å². The molecule has 2 N–H and O–H groups in total. The molecule has 1 unspecified atom stereocenters.